The number of nitriles is 1. The van der Waals surface area contributed by atoms with Crippen LogP contribution in [0.3, 0.4) is 0 Å². The first-order valence-corrected chi connectivity index (χ1v) is 11.5. The number of aromatic amines is 1. The van der Waals surface area contributed by atoms with E-state index in [1.54, 1.807) is 24.3 Å². The second-order valence-electron chi connectivity index (χ2n) is 8.21. The Labute approximate surface area is 198 Å². The first-order valence-electron chi connectivity index (χ1n) is 11.5. The molecule has 0 aliphatic carbocycles. The van der Waals surface area contributed by atoms with Gasteiger partial charge in [0.15, 0.2) is 5.75 Å². The lowest BCUT2D eigenvalue weighted by Crippen LogP contribution is -2.12. The average Bonchev–Trinajstić information content (AvgIpc) is 3.32. The minimum absolute atomic E-state index is 0.0964. The van der Waals surface area contributed by atoms with Gasteiger partial charge in [-0.2, -0.15) is 10.4 Å². The van der Waals surface area contributed by atoms with Gasteiger partial charge in [0.1, 0.15) is 35.6 Å². The zero-order valence-corrected chi connectivity index (χ0v) is 18.7. The maximum atomic E-state index is 9.10. The minimum atomic E-state index is -0.0964. The Morgan fingerprint density at radius 1 is 0.971 bits per heavy atom. The quantitative estimate of drug-likeness (QED) is 0.344. The molecule has 0 radical (unpaired) electrons. The van der Waals surface area contributed by atoms with Crippen LogP contribution in [0.25, 0.3) is 11.3 Å². The summed E-state index contributed by atoms with van der Waals surface area (Å²) in [5, 5.41) is 16.9. The molecule has 4 aromatic rings. The van der Waals surface area contributed by atoms with Crippen molar-refractivity contribution in [3.05, 3.63) is 95.7 Å². The number of nitrogens with one attached hydrogen (secondary N) is 1. The van der Waals surface area contributed by atoms with Crippen molar-refractivity contribution in [3.8, 4) is 34.6 Å². The molecule has 1 N–H and O–H groups in total. The van der Waals surface area contributed by atoms with E-state index in [0.29, 0.717) is 29.4 Å². The van der Waals surface area contributed by atoms with Gasteiger partial charge in [0.2, 0.25) is 0 Å². The van der Waals surface area contributed by atoms with Crippen LogP contribution in [0.1, 0.15) is 42.2 Å². The van der Waals surface area contributed by atoms with Gasteiger partial charge >= 0.3 is 0 Å². The van der Waals surface area contributed by atoms with E-state index in [1.165, 1.54) is 0 Å². The Hall–Kier alpha value is -4.08. The van der Waals surface area contributed by atoms with Crippen LogP contribution in [0.2, 0.25) is 0 Å². The lowest BCUT2D eigenvalue weighted by molar-refractivity contribution is 0.0112. The summed E-state index contributed by atoms with van der Waals surface area (Å²) in [4.78, 5) is 0. The molecule has 1 atom stereocenters. The third-order valence-corrected chi connectivity index (χ3v) is 5.81. The number of benzene rings is 3. The van der Waals surface area contributed by atoms with Gasteiger partial charge in [-0.25, -0.2) is 0 Å². The Kier molecular flexibility index (Phi) is 6.55. The molecule has 3 aromatic carbocycles. The van der Waals surface area contributed by atoms with Crippen molar-refractivity contribution < 1.29 is 14.2 Å². The van der Waals surface area contributed by atoms with Crippen LogP contribution >= 0.6 is 0 Å². The molecule has 1 aliphatic heterocycles. The molecule has 34 heavy (non-hydrogen) atoms. The Morgan fingerprint density at radius 2 is 1.82 bits per heavy atom. The third-order valence-electron chi connectivity index (χ3n) is 5.81. The largest absolute Gasteiger partial charge is 0.489 e. The number of nitrogens with zero attached hydrogens (tertiary/aromatic N) is 2. The highest BCUT2D eigenvalue weighted by atomic mass is 16.5. The summed E-state index contributed by atoms with van der Waals surface area (Å²) in [6, 6.07) is 27.1. The predicted octanol–water partition coefficient (Wildman–Crippen LogP) is 6.56. The molecule has 1 fully saturated rings. The molecule has 170 valence electrons. The fourth-order valence-corrected chi connectivity index (χ4v) is 4.02. The standard InChI is InChI=1S/C28H25N3O3/c29-18-20-12-14-23(15-13-20)34-28-26(30-31-27(28)25-11-4-5-16-32-25)22-9-6-10-24(17-22)33-19-21-7-2-1-3-8-21/h1-3,6-10,12-15,17,25H,4-5,11,16,19H2,(H,30,31). The summed E-state index contributed by atoms with van der Waals surface area (Å²) < 4.78 is 18.4. The van der Waals surface area contributed by atoms with E-state index in [-0.39, 0.29) is 6.10 Å². The van der Waals surface area contributed by atoms with Crippen LogP contribution in [-0.4, -0.2) is 16.8 Å². The van der Waals surface area contributed by atoms with E-state index in [2.05, 4.69) is 16.3 Å². The lowest BCUT2D eigenvalue weighted by Gasteiger charge is -2.22. The van der Waals surface area contributed by atoms with Crippen LogP contribution in [0.5, 0.6) is 17.2 Å². The highest BCUT2D eigenvalue weighted by Crippen LogP contribution is 2.41. The summed E-state index contributed by atoms with van der Waals surface area (Å²) in [7, 11) is 0. The minimum Gasteiger partial charge on any atom is -0.489 e. The van der Waals surface area contributed by atoms with Crippen molar-refractivity contribution in [2.75, 3.05) is 6.61 Å². The molecule has 1 saturated heterocycles. The predicted molar refractivity (Wildman–Crippen MR) is 129 cm³/mol. The highest BCUT2D eigenvalue weighted by molar-refractivity contribution is 5.69. The normalized spacial score (nSPS) is 15.4. The molecule has 0 spiro atoms. The number of ether oxygens (including phenoxy) is 3. The van der Waals surface area contributed by atoms with Gasteiger partial charge in [-0.3, -0.25) is 5.10 Å². The number of hydrogen-bond donors (Lipinski definition) is 1. The van der Waals surface area contributed by atoms with E-state index in [1.807, 2.05) is 54.6 Å². The van der Waals surface area contributed by atoms with E-state index in [9.17, 15) is 0 Å². The molecule has 6 heteroatoms. The fourth-order valence-electron chi connectivity index (χ4n) is 4.02. The molecule has 5 rings (SSSR count). The Balaban J connectivity index is 1.45. The lowest BCUT2D eigenvalue weighted by atomic mass is 10.0. The van der Waals surface area contributed by atoms with E-state index >= 15 is 0 Å². The second kappa shape index (κ2) is 10.2. The van der Waals surface area contributed by atoms with Gasteiger partial charge in [-0.1, -0.05) is 42.5 Å². The van der Waals surface area contributed by atoms with Gasteiger partial charge in [0, 0.05) is 12.2 Å². The van der Waals surface area contributed by atoms with Crippen molar-refractivity contribution in [2.24, 2.45) is 0 Å². The number of hydrogen-bond acceptors (Lipinski definition) is 5. The van der Waals surface area contributed by atoms with E-state index < -0.39 is 0 Å². The highest BCUT2D eigenvalue weighted by Gasteiger charge is 2.26. The summed E-state index contributed by atoms with van der Waals surface area (Å²) in [6.07, 6.45) is 2.97. The van der Waals surface area contributed by atoms with Gasteiger partial charge in [0.25, 0.3) is 0 Å². The van der Waals surface area contributed by atoms with Crippen LogP contribution in [-0.2, 0) is 11.3 Å². The molecule has 6 nitrogen and oxygen atoms in total. The van der Waals surface area contributed by atoms with Gasteiger partial charge in [-0.15, -0.1) is 0 Å². The molecule has 2 heterocycles. The Bertz CT molecular complexity index is 1270. The SMILES string of the molecule is N#Cc1ccc(Oc2c(-c3cccc(OCc4ccccc4)c3)n[nH]c2C2CCCCO2)cc1. The monoisotopic (exact) mass is 451 g/mol. The Morgan fingerprint density at radius 3 is 2.59 bits per heavy atom. The number of H-pyrrole nitrogens is 1. The van der Waals surface area contributed by atoms with Crippen LogP contribution < -0.4 is 9.47 Å². The maximum Gasteiger partial charge on any atom is 0.178 e. The smallest absolute Gasteiger partial charge is 0.178 e. The van der Waals surface area contributed by atoms with E-state index in [4.69, 9.17) is 19.5 Å². The second-order valence-corrected chi connectivity index (χ2v) is 8.21. The van der Waals surface area contributed by atoms with Gasteiger partial charge in [-0.05, 0) is 61.2 Å². The molecule has 0 amide bonds. The zero-order chi connectivity index (χ0) is 23.2. The van der Waals surface area contributed by atoms with Crippen molar-refractivity contribution in [1.29, 1.82) is 5.26 Å². The fraction of sp³-hybridized carbons (Fsp3) is 0.214. The molecule has 0 saturated carbocycles. The molecular formula is C28H25N3O3. The first kappa shape index (κ1) is 21.7. The zero-order valence-electron chi connectivity index (χ0n) is 18.7. The molecule has 0 bridgehead atoms. The summed E-state index contributed by atoms with van der Waals surface area (Å²) in [6.45, 7) is 1.21. The first-order chi connectivity index (χ1) is 16.8. The van der Waals surface area contributed by atoms with Crippen molar-refractivity contribution in [2.45, 2.75) is 32.0 Å². The summed E-state index contributed by atoms with van der Waals surface area (Å²) >= 11 is 0. The summed E-state index contributed by atoms with van der Waals surface area (Å²) in [5.74, 6) is 2.02. The van der Waals surface area contributed by atoms with E-state index in [0.717, 1.165) is 48.4 Å². The van der Waals surface area contributed by atoms with Crippen molar-refractivity contribution in [3.63, 3.8) is 0 Å². The van der Waals surface area contributed by atoms with Crippen LogP contribution in [0.15, 0.2) is 78.9 Å². The van der Waals surface area contributed by atoms with Gasteiger partial charge < -0.3 is 14.2 Å². The van der Waals surface area contributed by atoms with Gasteiger partial charge in [0.05, 0.1) is 11.6 Å². The molecule has 1 unspecified atom stereocenters. The number of aromatic nitrogens is 2. The van der Waals surface area contributed by atoms with Crippen molar-refractivity contribution >= 4 is 0 Å². The summed E-state index contributed by atoms with van der Waals surface area (Å²) in [5.41, 5.74) is 4.09. The molecule has 1 aliphatic rings. The maximum absolute atomic E-state index is 9.10. The van der Waals surface area contributed by atoms with Crippen LogP contribution in [0, 0.1) is 11.3 Å². The molecular weight excluding hydrogens is 426 g/mol. The third kappa shape index (κ3) is 4.95. The number of rotatable bonds is 7. The molecule has 1 aromatic heterocycles. The van der Waals surface area contributed by atoms with Crippen LogP contribution in [0.4, 0.5) is 0 Å². The topological polar surface area (TPSA) is 80.2 Å². The van der Waals surface area contributed by atoms with Crippen molar-refractivity contribution in [1.82, 2.24) is 10.2 Å². The average molecular weight is 452 g/mol.